The molecule has 1 heterocycles. The Morgan fingerprint density at radius 3 is 2.28 bits per heavy atom. The van der Waals surface area contributed by atoms with Crippen LogP contribution >= 0.6 is 0 Å². The molecule has 0 aromatic heterocycles. The average Bonchev–Trinajstić information content (AvgIpc) is 2.69. The molecule has 5 nitrogen and oxygen atoms in total. The molecular weight excluding hydrogens is 384 g/mol. The van der Waals surface area contributed by atoms with E-state index in [2.05, 4.69) is 29.0 Å². The SMILES string of the molecule is Cc1ccc(CCC(=O)N2CCC(NS(=O)(=O)c3ccc(C)c(C)c3)CC2)cc1. The maximum atomic E-state index is 12.7. The molecule has 3 rings (SSSR count). The molecule has 1 fully saturated rings. The van der Waals surface area contributed by atoms with E-state index in [-0.39, 0.29) is 11.9 Å². The van der Waals surface area contributed by atoms with Gasteiger partial charge >= 0.3 is 0 Å². The van der Waals surface area contributed by atoms with Crippen molar-refractivity contribution < 1.29 is 13.2 Å². The van der Waals surface area contributed by atoms with Crippen LogP contribution in [-0.4, -0.2) is 38.4 Å². The minimum atomic E-state index is -3.54. The highest BCUT2D eigenvalue weighted by Crippen LogP contribution is 2.18. The summed E-state index contributed by atoms with van der Waals surface area (Å²) in [7, 11) is -3.54. The molecule has 0 atom stereocenters. The van der Waals surface area contributed by atoms with Gasteiger partial charge in [-0.2, -0.15) is 0 Å². The molecule has 2 aromatic carbocycles. The van der Waals surface area contributed by atoms with Gasteiger partial charge in [-0.1, -0.05) is 35.9 Å². The van der Waals surface area contributed by atoms with E-state index in [9.17, 15) is 13.2 Å². The van der Waals surface area contributed by atoms with E-state index < -0.39 is 10.0 Å². The number of likely N-dealkylation sites (tertiary alicyclic amines) is 1. The van der Waals surface area contributed by atoms with Crippen molar-refractivity contribution in [2.24, 2.45) is 0 Å². The zero-order valence-electron chi connectivity index (χ0n) is 17.4. The van der Waals surface area contributed by atoms with Crippen LogP contribution in [0, 0.1) is 20.8 Å². The van der Waals surface area contributed by atoms with Crippen LogP contribution in [0.1, 0.15) is 41.5 Å². The van der Waals surface area contributed by atoms with Crippen LogP contribution in [0.4, 0.5) is 0 Å². The summed E-state index contributed by atoms with van der Waals surface area (Å²) in [6, 6.07) is 13.3. The summed E-state index contributed by atoms with van der Waals surface area (Å²) in [6.45, 7) is 7.10. The molecule has 156 valence electrons. The summed E-state index contributed by atoms with van der Waals surface area (Å²) in [4.78, 5) is 14.7. The normalized spacial score (nSPS) is 15.5. The Morgan fingerprint density at radius 1 is 1.00 bits per heavy atom. The van der Waals surface area contributed by atoms with E-state index in [1.165, 1.54) is 11.1 Å². The van der Waals surface area contributed by atoms with Gasteiger partial charge in [0.25, 0.3) is 0 Å². The average molecular weight is 415 g/mol. The molecular formula is C23H30N2O3S. The number of nitrogens with one attached hydrogen (secondary N) is 1. The summed E-state index contributed by atoms with van der Waals surface area (Å²) in [5.41, 5.74) is 4.41. The number of piperidine rings is 1. The van der Waals surface area contributed by atoms with E-state index in [0.717, 1.165) is 17.5 Å². The molecule has 1 amide bonds. The van der Waals surface area contributed by atoms with Gasteiger partial charge in [-0.05, 0) is 68.9 Å². The van der Waals surface area contributed by atoms with Crippen molar-refractivity contribution in [1.29, 1.82) is 0 Å². The lowest BCUT2D eigenvalue weighted by Crippen LogP contribution is -2.46. The molecule has 1 saturated heterocycles. The third-order valence-electron chi connectivity index (χ3n) is 5.71. The maximum Gasteiger partial charge on any atom is 0.240 e. The summed E-state index contributed by atoms with van der Waals surface area (Å²) >= 11 is 0. The van der Waals surface area contributed by atoms with E-state index in [0.29, 0.717) is 37.2 Å². The number of hydrogen-bond donors (Lipinski definition) is 1. The van der Waals surface area contributed by atoms with Crippen molar-refractivity contribution in [2.75, 3.05) is 13.1 Å². The topological polar surface area (TPSA) is 66.5 Å². The van der Waals surface area contributed by atoms with Crippen LogP contribution in [0.3, 0.4) is 0 Å². The molecule has 0 radical (unpaired) electrons. The lowest BCUT2D eigenvalue weighted by atomic mass is 10.0. The van der Waals surface area contributed by atoms with Crippen molar-refractivity contribution in [3.63, 3.8) is 0 Å². The van der Waals surface area contributed by atoms with Crippen LogP contribution in [0.25, 0.3) is 0 Å². The van der Waals surface area contributed by atoms with Crippen molar-refractivity contribution in [3.05, 3.63) is 64.7 Å². The molecule has 1 aliphatic rings. The third-order valence-corrected chi connectivity index (χ3v) is 7.22. The number of aryl methyl sites for hydroxylation is 4. The fourth-order valence-corrected chi connectivity index (χ4v) is 4.97. The fraction of sp³-hybridized carbons (Fsp3) is 0.435. The van der Waals surface area contributed by atoms with Gasteiger partial charge in [-0.25, -0.2) is 13.1 Å². The summed E-state index contributed by atoms with van der Waals surface area (Å²) < 4.78 is 28.2. The number of carbonyl (C=O) groups is 1. The van der Waals surface area contributed by atoms with Crippen LogP contribution < -0.4 is 4.72 Å². The van der Waals surface area contributed by atoms with Gasteiger partial charge in [-0.15, -0.1) is 0 Å². The van der Waals surface area contributed by atoms with Crippen LogP contribution in [-0.2, 0) is 21.2 Å². The number of rotatable bonds is 6. The van der Waals surface area contributed by atoms with Gasteiger partial charge in [-0.3, -0.25) is 4.79 Å². The van der Waals surface area contributed by atoms with Gasteiger partial charge in [0.2, 0.25) is 15.9 Å². The Kier molecular flexibility index (Phi) is 6.75. The number of sulfonamides is 1. The molecule has 6 heteroatoms. The van der Waals surface area contributed by atoms with Crippen LogP contribution in [0.5, 0.6) is 0 Å². The quantitative estimate of drug-likeness (QED) is 0.787. The Balaban J connectivity index is 1.50. The predicted octanol–water partition coefficient (Wildman–Crippen LogP) is 3.51. The highest BCUT2D eigenvalue weighted by molar-refractivity contribution is 7.89. The lowest BCUT2D eigenvalue weighted by Gasteiger charge is -2.32. The number of benzene rings is 2. The second kappa shape index (κ2) is 9.09. The van der Waals surface area contributed by atoms with Gasteiger partial charge in [0.15, 0.2) is 0 Å². The predicted molar refractivity (Wildman–Crippen MR) is 115 cm³/mol. The maximum absolute atomic E-state index is 12.7. The smallest absolute Gasteiger partial charge is 0.240 e. The molecule has 1 N–H and O–H groups in total. The highest BCUT2D eigenvalue weighted by atomic mass is 32.2. The van der Waals surface area contributed by atoms with Crippen LogP contribution in [0.15, 0.2) is 47.4 Å². The van der Waals surface area contributed by atoms with Crippen molar-refractivity contribution in [2.45, 2.75) is 57.4 Å². The highest BCUT2D eigenvalue weighted by Gasteiger charge is 2.26. The molecule has 0 bridgehead atoms. The van der Waals surface area contributed by atoms with Crippen molar-refractivity contribution in [3.8, 4) is 0 Å². The standard InChI is InChI=1S/C23H30N2O3S/c1-17-4-7-20(8-5-17)9-11-23(26)25-14-12-21(13-15-25)24-29(27,28)22-10-6-18(2)19(3)16-22/h4-8,10,16,21,24H,9,11-15H2,1-3H3. The summed E-state index contributed by atoms with van der Waals surface area (Å²) in [5.74, 6) is 0.140. The minimum absolute atomic E-state index is 0.136. The molecule has 0 spiro atoms. The molecule has 2 aromatic rings. The zero-order chi connectivity index (χ0) is 21.0. The van der Waals surface area contributed by atoms with Gasteiger partial charge in [0.1, 0.15) is 0 Å². The molecule has 0 aliphatic carbocycles. The summed E-state index contributed by atoms with van der Waals surface area (Å²) in [6.07, 6.45) is 2.50. The van der Waals surface area contributed by atoms with E-state index >= 15 is 0 Å². The largest absolute Gasteiger partial charge is 0.343 e. The molecule has 0 saturated carbocycles. The zero-order valence-corrected chi connectivity index (χ0v) is 18.3. The number of carbonyl (C=O) groups excluding carboxylic acids is 1. The second-order valence-electron chi connectivity index (χ2n) is 8.01. The lowest BCUT2D eigenvalue weighted by molar-refractivity contribution is -0.132. The van der Waals surface area contributed by atoms with Gasteiger partial charge in [0.05, 0.1) is 4.90 Å². The van der Waals surface area contributed by atoms with E-state index in [1.807, 2.05) is 31.7 Å². The second-order valence-corrected chi connectivity index (χ2v) is 9.72. The Labute approximate surface area is 174 Å². The fourth-order valence-electron chi connectivity index (χ4n) is 3.58. The first-order valence-electron chi connectivity index (χ1n) is 10.2. The molecule has 29 heavy (non-hydrogen) atoms. The van der Waals surface area contributed by atoms with Crippen molar-refractivity contribution in [1.82, 2.24) is 9.62 Å². The molecule has 1 aliphatic heterocycles. The number of amides is 1. The number of nitrogens with zero attached hydrogens (tertiary/aromatic N) is 1. The Hall–Kier alpha value is -2.18. The Morgan fingerprint density at radius 2 is 1.66 bits per heavy atom. The first-order chi connectivity index (χ1) is 13.7. The first-order valence-corrected chi connectivity index (χ1v) is 11.7. The third kappa shape index (κ3) is 5.67. The first kappa shape index (κ1) is 21.5. The Bertz CT molecular complexity index is 960. The summed E-state index contributed by atoms with van der Waals surface area (Å²) in [5, 5.41) is 0. The molecule has 0 unspecified atom stereocenters. The van der Waals surface area contributed by atoms with Crippen molar-refractivity contribution >= 4 is 15.9 Å². The van der Waals surface area contributed by atoms with Gasteiger partial charge in [0, 0.05) is 25.6 Å². The van der Waals surface area contributed by atoms with Gasteiger partial charge < -0.3 is 4.90 Å². The van der Waals surface area contributed by atoms with Crippen LogP contribution in [0.2, 0.25) is 0 Å². The monoisotopic (exact) mass is 414 g/mol. The minimum Gasteiger partial charge on any atom is -0.343 e. The van der Waals surface area contributed by atoms with E-state index in [4.69, 9.17) is 0 Å². The van der Waals surface area contributed by atoms with E-state index in [1.54, 1.807) is 12.1 Å². The number of hydrogen-bond acceptors (Lipinski definition) is 3.